The maximum Gasteiger partial charge on any atom is 0.392 e. The molecule has 0 fully saturated rings. The summed E-state index contributed by atoms with van der Waals surface area (Å²) in [7, 11) is 1.76. The highest BCUT2D eigenvalue weighted by atomic mass is 19.4. The van der Waals surface area contributed by atoms with E-state index in [2.05, 4.69) is 5.32 Å². The van der Waals surface area contributed by atoms with E-state index in [0.717, 1.165) is 5.56 Å². The average Bonchev–Trinajstić information content (AvgIpc) is 2.31. The Morgan fingerprint density at radius 2 is 1.95 bits per heavy atom. The third-order valence-electron chi connectivity index (χ3n) is 2.36. The molecule has 1 aromatic carbocycles. The zero-order valence-corrected chi connectivity index (χ0v) is 11.0. The smallest absolute Gasteiger partial charge is 0.392 e. The molecule has 0 saturated heterocycles. The van der Waals surface area contributed by atoms with Crippen LogP contribution in [0.15, 0.2) is 18.2 Å². The molecule has 0 radical (unpaired) electrons. The molecule has 0 aliphatic heterocycles. The van der Waals surface area contributed by atoms with Gasteiger partial charge in [0, 0.05) is 12.1 Å². The van der Waals surface area contributed by atoms with E-state index in [1.54, 1.807) is 25.2 Å². The standard InChI is InChI=1S/C13H18F3NO2/c1-3-18-11-6-4-5-10(9-17-2)12(11)19-8-7-13(14,15)16/h4-6,17H,3,7-9H2,1-2H3. The minimum Gasteiger partial charge on any atom is -0.490 e. The first-order chi connectivity index (χ1) is 8.98. The van der Waals surface area contributed by atoms with Gasteiger partial charge in [0.25, 0.3) is 0 Å². The first-order valence-electron chi connectivity index (χ1n) is 6.06. The molecular formula is C13H18F3NO2. The van der Waals surface area contributed by atoms with Gasteiger partial charge in [0.2, 0.25) is 0 Å². The van der Waals surface area contributed by atoms with E-state index in [9.17, 15) is 13.2 Å². The average molecular weight is 277 g/mol. The van der Waals surface area contributed by atoms with Crippen molar-refractivity contribution in [3.63, 3.8) is 0 Å². The Labute approximate surface area is 110 Å². The summed E-state index contributed by atoms with van der Waals surface area (Å²) in [4.78, 5) is 0. The van der Waals surface area contributed by atoms with Crippen molar-refractivity contribution in [1.82, 2.24) is 5.32 Å². The summed E-state index contributed by atoms with van der Waals surface area (Å²) in [5.41, 5.74) is 0.774. The van der Waals surface area contributed by atoms with Gasteiger partial charge in [-0.2, -0.15) is 13.2 Å². The van der Waals surface area contributed by atoms with Crippen LogP contribution in [0, 0.1) is 0 Å². The van der Waals surface area contributed by atoms with Crippen LogP contribution in [0.5, 0.6) is 11.5 Å². The molecule has 0 spiro atoms. The van der Waals surface area contributed by atoms with Crippen molar-refractivity contribution >= 4 is 0 Å². The predicted octanol–water partition coefficient (Wildman–Crippen LogP) is 3.14. The minimum atomic E-state index is -4.22. The summed E-state index contributed by atoms with van der Waals surface area (Å²) in [6, 6.07) is 5.27. The van der Waals surface area contributed by atoms with Crippen molar-refractivity contribution in [2.24, 2.45) is 0 Å². The lowest BCUT2D eigenvalue weighted by atomic mass is 10.2. The number of hydrogen-bond acceptors (Lipinski definition) is 3. The van der Waals surface area contributed by atoms with Crippen molar-refractivity contribution < 1.29 is 22.6 Å². The second kappa shape index (κ2) is 7.23. The molecule has 0 atom stereocenters. The largest absolute Gasteiger partial charge is 0.490 e. The lowest BCUT2D eigenvalue weighted by Crippen LogP contribution is -2.15. The summed E-state index contributed by atoms with van der Waals surface area (Å²) < 4.78 is 47.0. The maximum atomic E-state index is 12.1. The molecule has 0 saturated carbocycles. The molecule has 0 amide bonds. The molecule has 1 aromatic rings. The number of ether oxygens (including phenoxy) is 2. The number of alkyl halides is 3. The van der Waals surface area contributed by atoms with E-state index >= 15 is 0 Å². The van der Waals surface area contributed by atoms with E-state index in [1.165, 1.54) is 0 Å². The molecule has 1 N–H and O–H groups in total. The first kappa shape index (κ1) is 15.6. The molecule has 0 bridgehead atoms. The molecule has 0 unspecified atom stereocenters. The molecule has 0 aliphatic rings. The number of hydrogen-bond donors (Lipinski definition) is 1. The van der Waals surface area contributed by atoms with Gasteiger partial charge in [-0.1, -0.05) is 12.1 Å². The highest BCUT2D eigenvalue weighted by molar-refractivity contribution is 5.46. The topological polar surface area (TPSA) is 30.5 Å². The van der Waals surface area contributed by atoms with Gasteiger partial charge >= 0.3 is 6.18 Å². The van der Waals surface area contributed by atoms with Crippen LogP contribution in [0.3, 0.4) is 0 Å². The quantitative estimate of drug-likeness (QED) is 0.830. The van der Waals surface area contributed by atoms with E-state index in [-0.39, 0.29) is 0 Å². The Kier molecular flexibility index (Phi) is 5.95. The van der Waals surface area contributed by atoms with Crippen LogP contribution < -0.4 is 14.8 Å². The van der Waals surface area contributed by atoms with Crippen molar-refractivity contribution in [1.29, 1.82) is 0 Å². The van der Waals surface area contributed by atoms with Gasteiger partial charge in [-0.05, 0) is 20.0 Å². The van der Waals surface area contributed by atoms with Crippen molar-refractivity contribution in [2.75, 3.05) is 20.3 Å². The number of nitrogens with one attached hydrogen (secondary N) is 1. The minimum absolute atomic E-state index is 0.378. The highest BCUT2D eigenvalue weighted by Gasteiger charge is 2.27. The van der Waals surface area contributed by atoms with Crippen LogP contribution in [0.1, 0.15) is 18.9 Å². The number of rotatable bonds is 7. The summed E-state index contributed by atoms with van der Waals surface area (Å²) in [5, 5.41) is 2.94. The van der Waals surface area contributed by atoms with Crippen LogP contribution in [0.25, 0.3) is 0 Å². The van der Waals surface area contributed by atoms with Crippen LogP contribution in [0.4, 0.5) is 13.2 Å². The number of benzene rings is 1. The Morgan fingerprint density at radius 1 is 1.21 bits per heavy atom. The molecule has 3 nitrogen and oxygen atoms in total. The number of halogens is 3. The van der Waals surface area contributed by atoms with Gasteiger partial charge in [0.05, 0.1) is 19.6 Å². The lowest BCUT2D eigenvalue weighted by molar-refractivity contribution is -0.139. The second-order valence-corrected chi connectivity index (χ2v) is 3.92. The predicted molar refractivity (Wildman–Crippen MR) is 66.5 cm³/mol. The molecule has 19 heavy (non-hydrogen) atoms. The molecular weight excluding hydrogens is 259 g/mol. The Bertz CT molecular complexity index is 370. The van der Waals surface area contributed by atoms with Crippen LogP contribution >= 0.6 is 0 Å². The van der Waals surface area contributed by atoms with Crippen molar-refractivity contribution in [3.8, 4) is 11.5 Å². The Hall–Kier alpha value is -1.43. The third kappa shape index (κ3) is 5.38. The van der Waals surface area contributed by atoms with E-state index < -0.39 is 19.2 Å². The Morgan fingerprint density at radius 3 is 2.53 bits per heavy atom. The lowest BCUT2D eigenvalue weighted by Gasteiger charge is -2.16. The zero-order valence-electron chi connectivity index (χ0n) is 11.0. The number of para-hydroxylation sites is 1. The molecule has 1 rings (SSSR count). The maximum absolute atomic E-state index is 12.1. The van der Waals surface area contributed by atoms with Gasteiger partial charge in [0.15, 0.2) is 11.5 Å². The second-order valence-electron chi connectivity index (χ2n) is 3.92. The monoisotopic (exact) mass is 277 g/mol. The van der Waals surface area contributed by atoms with Crippen molar-refractivity contribution in [2.45, 2.75) is 26.1 Å². The van der Waals surface area contributed by atoms with Gasteiger partial charge < -0.3 is 14.8 Å². The zero-order chi connectivity index (χ0) is 14.3. The fourth-order valence-corrected chi connectivity index (χ4v) is 1.59. The van der Waals surface area contributed by atoms with E-state index in [4.69, 9.17) is 9.47 Å². The first-order valence-corrected chi connectivity index (χ1v) is 6.06. The SMILES string of the molecule is CCOc1cccc(CNC)c1OCCC(F)(F)F. The molecule has 0 heterocycles. The van der Waals surface area contributed by atoms with Crippen LogP contribution in [-0.2, 0) is 6.54 Å². The molecule has 0 aliphatic carbocycles. The summed E-state index contributed by atoms with van der Waals surface area (Å²) in [5.74, 6) is 0.848. The molecule has 108 valence electrons. The van der Waals surface area contributed by atoms with Crippen molar-refractivity contribution in [3.05, 3.63) is 23.8 Å². The summed E-state index contributed by atoms with van der Waals surface area (Å²) in [6.07, 6.45) is -5.20. The van der Waals surface area contributed by atoms with Gasteiger partial charge in [0.1, 0.15) is 0 Å². The normalized spacial score (nSPS) is 11.4. The van der Waals surface area contributed by atoms with E-state index in [0.29, 0.717) is 24.7 Å². The van der Waals surface area contributed by atoms with Crippen LogP contribution in [0.2, 0.25) is 0 Å². The van der Waals surface area contributed by atoms with E-state index in [1.807, 2.05) is 6.92 Å². The van der Waals surface area contributed by atoms with Crippen LogP contribution in [-0.4, -0.2) is 26.4 Å². The highest BCUT2D eigenvalue weighted by Crippen LogP contribution is 2.32. The molecule has 0 aromatic heterocycles. The Balaban J connectivity index is 2.81. The van der Waals surface area contributed by atoms with Gasteiger partial charge in [-0.3, -0.25) is 0 Å². The molecule has 6 heteroatoms. The van der Waals surface area contributed by atoms with Gasteiger partial charge in [-0.15, -0.1) is 0 Å². The summed E-state index contributed by atoms with van der Waals surface area (Å²) in [6.45, 7) is 2.33. The fraction of sp³-hybridized carbons (Fsp3) is 0.538. The third-order valence-corrected chi connectivity index (χ3v) is 2.36. The van der Waals surface area contributed by atoms with Gasteiger partial charge in [-0.25, -0.2) is 0 Å². The fourth-order valence-electron chi connectivity index (χ4n) is 1.59. The summed E-state index contributed by atoms with van der Waals surface area (Å²) >= 11 is 0.